The molecule has 4 nitrogen and oxygen atoms in total. The van der Waals surface area contributed by atoms with E-state index in [2.05, 4.69) is 23.6 Å². The highest BCUT2D eigenvalue weighted by atomic mass is 16.1. The highest BCUT2D eigenvalue weighted by molar-refractivity contribution is 5.52. The molecule has 0 aliphatic rings. The van der Waals surface area contributed by atoms with Gasteiger partial charge in [0.15, 0.2) is 0 Å². The Hall–Kier alpha value is -1.89. The molecule has 0 radical (unpaired) electrons. The van der Waals surface area contributed by atoms with Crippen molar-refractivity contribution in [2.45, 2.75) is 0 Å². The fourth-order valence-electron chi connectivity index (χ4n) is 0.391. The Labute approximate surface area is 64.5 Å². The van der Waals surface area contributed by atoms with Gasteiger partial charge in [-0.05, 0) is 12.8 Å². The van der Waals surface area contributed by atoms with E-state index in [0.717, 1.165) is 0 Å². The summed E-state index contributed by atoms with van der Waals surface area (Å²) in [6.45, 7) is 6.54. The van der Waals surface area contributed by atoms with Crippen LogP contribution in [-0.4, -0.2) is 13.1 Å². The van der Waals surface area contributed by atoms with Crippen molar-refractivity contribution in [2.24, 2.45) is 4.99 Å². The van der Waals surface area contributed by atoms with E-state index in [1.165, 1.54) is 6.08 Å². The van der Waals surface area contributed by atoms with Crippen molar-refractivity contribution in [2.75, 3.05) is 0 Å². The third-order valence-electron chi connectivity index (χ3n) is 0.832. The number of aliphatic imine (C=N–C) groups is 1. The van der Waals surface area contributed by atoms with Crippen LogP contribution >= 0.6 is 0 Å². The molecule has 11 heavy (non-hydrogen) atoms. The van der Waals surface area contributed by atoms with Crippen LogP contribution in [0.25, 0.3) is 0 Å². The van der Waals surface area contributed by atoms with Crippen LogP contribution in [0.15, 0.2) is 29.0 Å². The highest BCUT2D eigenvalue weighted by Crippen LogP contribution is 1.95. The molecular weight excluding hydrogens is 142 g/mol. The number of nitriles is 1. The highest BCUT2D eigenvalue weighted by Gasteiger charge is 1.90. The fraction of sp³-hybridized carbons (Fsp3) is 0. The Morgan fingerprint density at radius 1 is 1.73 bits per heavy atom. The molecule has 0 bridgehead atoms. The van der Waals surface area contributed by atoms with Crippen molar-refractivity contribution in [1.82, 2.24) is 5.32 Å². The zero-order chi connectivity index (χ0) is 8.69. The Morgan fingerprint density at radius 3 is 2.73 bits per heavy atom. The molecule has 0 aliphatic heterocycles. The van der Waals surface area contributed by atoms with Gasteiger partial charge in [0.1, 0.15) is 5.82 Å². The molecule has 0 heterocycles. The molecule has 56 valence electrons. The molecule has 4 heteroatoms. The molecule has 0 aromatic heterocycles. The lowest BCUT2D eigenvalue weighted by atomic mass is 10.3. The Bertz CT molecular complexity index is 247. The van der Waals surface area contributed by atoms with Crippen LogP contribution < -0.4 is 5.32 Å². The minimum atomic E-state index is 0.210. The predicted molar refractivity (Wildman–Crippen MR) is 41.6 cm³/mol. The van der Waals surface area contributed by atoms with Crippen LogP contribution in [0.3, 0.4) is 0 Å². The number of nitrogens with one attached hydrogen (secondary N) is 1. The topological polar surface area (TPSA) is 65.2 Å². The number of rotatable bonds is 4. The number of carbonyl (C=O) groups excluding carboxylic acids is 1. The number of amides is 1. The molecule has 0 aliphatic carbocycles. The first-order valence-electron chi connectivity index (χ1n) is 2.72. The summed E-state index contributed by atoms with van der Waals surface area (Å²) in [6, 6.07) is 1.77. The summed E-state index contributed by atoms with van der Waals surface area (Å²) < 4.78 is 0. The SMILES string of the molecule is C=N/C(=C\C(=C)C#N)NC=O. The zero-order valence-electron chi connectivity index (χ0n) is 5.87. The van der Waals surface area contributed by atoms with Gasteiger partial charge in [0, 0.05) is 5.57 Å². The van der Waals surface area contributed by atoms with E-state index in [4.69, 9.17) is 5.26 Å². The Balaban J connectivity index is 4.36. The standard InChI is InChI=1S/C7H7N3O/c1-6(4-8)3-7(9-2)10-5-11/h3,5H,1-2H2,(H,10,11)/b7-3+. The van der Waals surface area contributed by atoms with Crippen molar-refractivity contribution >= 4 is 13.1 Å². The van der Waals surface area contributed by atoms with Crippen LogP contribution in [0.2, 0.25) is 0 Å². The summed E-state index contributed by atoms with van der Waals surface area (Å²) in [6.07, 6.45) is 1.77. The van der Waals surface area contributed by atoms with Gasteiger partial charge in [-0.3, -0.25) is 4.79 Å². The maximum absolute atomic E-state index is 9.89. The van der Waals surface area contributed by atoms with Gasteiger partial charge in [0.2, 0.25) is 6.41 Å². The van der Waals surface area contributed by atoms with Gasteiger partial charge in [-0.25, -0.2) is 4.99 Å². The molecule has 0 unspecified atom stereocenters. The Kier molecular flexibility index (Phi) is 4.09. The zero-order valence-corrected chi connectivity index (χ0v) is 5.87. The minimum absolute atomic E-state index is 0.210. The van der Waals surface area contributed by atoms with E-state index in [-0.39, 0.29) is 11.4 Å². The van der Waals surface area contributed by atoms with Crippen molar-refractivity contribution in [3.05, 3.63) is 24.0 Å². The van der Waals surface area contributed by atoms with Crippen molar-refractivity contribution in [1.29, 1.82) is 5.26 Å². The maximum atomic E-state index is 9.89. The van der Waals surface area contributed by atoms with Gasteiger partial charge in [-0.1, -0.05) is 6.58 Å². The molecule has 0 atom stereocenters. The molecule has 0 aromatic rings. The Morgan fingerprint density at radius 2 is 2.36 bits per heavy atom. The second kappa shape index (κ2) is 4.94. The molecular formula is C7H7N3O. The second-order valence-electron chi connectivity index (χ2n) is 1.59. The normalized spacial score (nSPS) is 9.55. The number of nitrogens with zero attached hydrogens (tertiary/aromatic N) is 2. The summed E-state index contributed by atoms with van der Waals surface area (Å²) in [7, 11) is 0. The molecule has 1 amide bonds. The quantitative estimate of drug-likeness (QED) is 0.271. The van der Waals surface area contributed by atoms with Gasteiger partial charge in [-0.15, -0.1) is 0 Å². The second-order valence-corrected chi connectivity index (χ2v) is 1.59. The molecule has 0 rings (SSSR count). The first-order chi connectivity index (χ1) is 5.24. The molecule has 0 saturated carbocycles. The monoisotopic (exact) mass is 149 g/mol. The summed E-state index contributed by atoms with van der Waals surface area (Å²) in [5.41, 5.74) is 0.210. The number of carbonyl (C=O) groups is 1. The third-order valence-corrected chi connectivity index (χ3v) is 0.832. The van der Waals surface area contributed by atoms with Crippen LogP contribution in [0, 0.1) is 11.3 Å². The maximum Gasteiger partial charge on any atom is 0.212 e. The van der Waals surface area contributed by atoms with Gasteiger partial charge < -0.3 is 5.32 Å². The van der Waals surface area contributed by atoms with E-state index in [9.17, 15) is 4.79 Å². The predicted octanol–water partition coefficient (Wildman–Crippen LogP) is 0.354. The summed E-state index contributed by atoms with van der Waals surface area (Å²) in [4.78, 5) is 13.3. The van der Waals surface area contributed by atoms with Crippen molar-refractivity contribution in [3.8, 4) is 6.07 Å². The largest absolute Gasteiger partial charge is 0.313 e. The molecule has 0 aromatic carbocycles. The van der Waals surface area contributed by atoms with Crippen LogP contribution in [0.1, 0.15) is 0 Å². The number of hydrogen-bond donors (Lipinski definition) is 1. The van der Waals surface area contributed by atoms with Crippen LogP contribution in [0.4, 0.5) is 0 Å². The van der Waals surface area contributed by atoms with Gasteiger partial charge in [0.25, 0.3) is 0 Å². The molecule has 0 saturated heterocycles. The van der Waals surface area contributed by atoms with Gasteiger partial charge in [0.05, 0.1) is 6.07 Å². The van der Waals surface area contributed by atoms with E-state index in [1.54, 1.807) is 6.07 Å². The summed E-state index contributed by atoms with van der Waals surface area (Å²) in [5.74, 6) is 0.214. The summed E-state index contributed by atoms with van der Waals surface area (Å²) >= 11 is 0. The average molecular weight is 149 g/mol. The first kappa shape index (κ1) is 9.11. The number of hydrogen-bond acceptors (Lipinski definition) is 3. The average Bonchev–Trinajstić information content (AvgIpc) is 2.03. The smallest absolute Gasteiger partial charge is 0.212 e. The van der Waals surface area contributed by atoms with Gasteiger partial charge in [-0.2, -0.15) is 5.26 Å². The minimum Gasteiger partial charge on any atom is -0.313 e. The summed E-state index contributed by atoms with van der Waals surface area (Å²) in [5, 5.41) is 10.5. The van der Waals surface area contributed by atoms with E-state index < -0.39 is 0 Å². The lowest BCUT2D eigenvalue weighted by molar-refractivity contribution is -0.108. The lowest BCUT2D eigenvalue weighted by Gasteiger charge is -1.94. The molecule has 1 N–H and O–H groups in total. The van der Waals surface area contributed by atoms with Crippen molar-refractivity contribution in [3.63, 3.8) is 0 Å². The molecule has 0 spiro atoms. The molecule has 0 fully saturated rings. The van der Waals surface area contributed by atoms with E-state index in [1.807, 2.05) is 0 Å². The lowest BCUT2D eigenvalue weighted by Crippen LogP contribution is -2.07. The van der Waals surface area contributed by atoms with Gasteiger partial charge >= 0.3 is 0 Å². The third kappa shape index (κ3) is 3.65. The van der Waals surface area contributed by atoms with E-state index in [0.29, 0.717) is 6.41 Å². The number of allylic oxidation sites excluding steroid dienone is 2. The fourth-order valence-corrected chi connectivity index (χ4v) is 0.391. The van der Waals surface area contributed by atoms with E-state index >= 15 is 0 Å². The van der Waals surface area contributed by atoms with Crippen LogP contribution in [-0.2, 0) is 4.79 Å². The van der Waals surface area contributed by atoms with Crippen LogP contribution in [0.5, 0.6) is 0 Å². The first-order valence-corrected chi connectivity index (χ1v) is 2.72. The van der Waals surface area contributed by atoms with Crippen molar-refractivity contribution < 1.29 is 4.79 Å².